The standard InChI is InChI=1S/C12H16BrNOS/c1-10(8-13)14(2)12(15)9-16-11-6-4-3-5-7-11/h3-7,10H,8-9H2,1-2H3. The molecule has 16 heavy (non-hydrogen) atoms. The minimum absolute atomic E-state index is 0.167. The van der Waals surface area contributed by atoms with Crippen molar-refractivity contribution in [1.29, 1.82) is 0 Å². The van der Waals surface area contributed by atoms with Crippen LogP contribution in [-0.2, 0) is 4.79 Å². The number of rotatable bonds is 5. The third kappa shape index (κ3) is 4.18. The van der Waals surface area contributed by atoms with Crippen molar-refractivity contribution in [3.05, 3.63) is 30.3 Å². The maximum Gasteiger partial charge on any atom is 0.232 e. The minimum atomic E-state index is 0.167. The number of hydrogen-bond acceptors (Lipinski definition) is 2. The highest BCUT2D eigenvalue weighted by atomic mass is 79.9. The highest BCUT2D eigenvalue weighted by Crippen LogP contribution is 2.17. The Kier molecular flexibility index (Phi) is 5.91. The fraction of sp³-hybridized carbons (Fsp3) is 0.417. The molecule has 2 nitrogen and oxygen atoms in total. The molecule has 1 aromatic carbocycles. The molecule has 0 radical (unpaired) electrons. The molecule has 1 amide bonds. The highest BCUT2D eigenvalue weighted by Gasteiger charge is 2.14. The van der Waals surface area contributed by atoms with Crippen LogP contribution in [0.4, 0.5) is 0 Å². The average Bonchev–Trinajstić information content (AvgIpc) is 2.35. The summed E-state index contributed by atoms with van der Waals surface area (Å²) in [4.78, 5) is 14.7. The molecule has 88 valence electrons. The van der Waals surface area contributed by atoms with Gasteiger partial charge in [0.25, 0.3) is 0 Å². The Balaban J connectivity index is 2.41. The fourth-order valence-electron chi connectivity index (χ4n) is 1.11. The fourth-order valence-corrected chi connectivity index (χ4v) is 2.39. The summed E-state index contributed by atoms with van der Waals surface area (Å²) >= 11 is 4.96. The predicted octanol–water partition coefficient (Wildman–Crippen LogP) is 3.02. The van der Waals surface area contributed by atoms with Crippen molar-refractivity contribution in [2.24, 2.45) is 0 Å². The number of carbonyl (C=O) groups excluding carboxylic acids is 1. The molecule has 1 atom stereocenters. The maximum absolute atomic E-state index is 11.8. The summed E-state index contributed by atoms with van der Waals surface area (Å²) in [6.07, 6.45) is 0. The Morgan fingerprint density at radius 1 is 1.44 bits per heavy atom. The number of halogens is 1. The van der Waals surface area contributed by atoms with Gasteiger partial charge in [-0.25, -0.2) is 0 Å². The van der Waals surface area contributed by atoms with Gasteiger partial charge in [-0.15, -0.1) is 11.8 Å². The quantitative estimate of drug-likeness (QED) is 0.615. The number of nitrogens with zero attached hydrogens (tertiary/aromatic N) is 1. The van der Waals surface area contributed by atoms with Crippen LogP contribution in [0.1, 0.15) is 6.92 Å². The first-order chi connectivity index (χ1) is 7.65. The van der Waals surface area contributed by atoms with Gasteiger partial charge in [0.15, 0.2) is 0 Å². The Morgan fingerprint density at radius 3 is 2.62 bits per heavy atom. The minimum Gasteiger partial charge on any atom is -0.341 e. The van der Waals surface area contributed by atoms with Gasteiger partial charge in [0.05, 0.1) is 5.75 Å². The second-order valence-electron chi connectivity index (χ2n) is 3.61. The van der Waals surface area contributed by atoms with Gasteiger partial charge in [0.1, 0.15) is 0 Å². The lowest BCUT2D eigenvalue weighted by Crippen LogP contribution is -2.37. The number of thioether (sulfide) groups is 1. The molecule has 1 rings (SSSR count). The summed E-state index contributed by atoms with van der Waals surface area (Å²) in [6, 6.07) is 10.2. The van der Waals surface area contributed by atoms with Crippen molar-refractivity contribution in [3.8, 4) is 0 Å². The van der Waals surface area contributed by atoms with E-state index < -0.39 is 0 Å². The molecule has 0 aliphatic heterocycles. The van der Waals surface area contributed by atoms with Crippen LogP contribution in [0, 0.1) is 0 Å². The molecule has 0 bridgehead atoms. The number of hydrogen-bond donors (Lipinski definition) is 0. The first kappa shape index (κ1) is 13.6. The normalized spacial score (nSPS) is 12.2. The molecule has 0 saturated carbocycles. The largest absolute Gasteiger partial charge is 0.341 e. The number of amides is 1. The van der Waals surface area contributed by atoms with E-state index in [4.69, 9.17) is 0 Å². The number of carbonyl (C=O) groups is 1. The first-order valence-corrected chi connectivity index (χ1v) is 7.25. The summed E-state index contributed by atoms with van der Waals surface area (Å²) in [6.45, 7) is 2.03. The number of benzene rings is 1. The van der Waals surface area contributed by atoms with E-state index in [9.17, 15) is 4.79 Å². The lowest BCUT2D eigenvalue weighted by molar-refractivity contribution is -0.128. The van der Waals surface area contributed by atoms with Crippen LogP contribution in [0.2, 0.25) is 0 Å². The zero-order chi connectivity index (χ0) is 12.0. The SMILES string of the molecule is CC(CBr)N(C)C(=O)CSc1ccccc1. The van der Waals surface area contributed by atoms with Gasteiger partial charge in [-0.3, -0.25) is 4.79 Å². The predicted molar refractivity (Wildman–Crippen MR) is 73.2 cm³/mol. The second-order valence-corrected chi connectivity index (χ2v) is 5.31. The summed E-state index contributed by atoms with van der Waals surface area (Å²) in [5, 5.41) is 0.811. The van der Waals surface area contributed by atoms with Crippen molar-refractivity contribution in [3.63, 3.8) is 0 Å². The second kappa shape index (κ2) is 6.97. The summed E-state index contributed by atoms with van der Waals surface area (Å²) in [5.41, 5.74) is 0. The van der Waals surface area contributed by atoms with Gasteiger partial charge in [-0.1, -0.05) is 34.1 Å². The molecule has 1 unspecified atom stereocenters. The van der Waals surface area contributed by atoms with E-state index in [0.29, 0.717) is 5.75 Å². The first-order valence-electron chi connectivity index (χ1n) is 5.14. The van der Waals surface area contributed by atoms with E-state index in [-0.39, 0.29) is 11.9 Å². The van der Waals surface area contributed by atoms with Crippen LogP contribution in [0.15, 0.2) is 35.2 Å². The highest BCUT2D eigenvalue weighted by molar-refractivity contribution is 9.09. The van der Waals surface area contributed by atoms with Gasteiger partial charge >= 0.3 is 0 Å². The Bertz CT molecular complexity index is 331. The zero-order valence-corrected chi connectivity index (χ0v) is 11.9. The summed E-state index contributed by atoms with van der Waals surface area (Å²) < 4.78 is 0. The molecular formula is C12H16BrNOS. The van der Waals surface area contributed by atoms with Gasteiger partial charge in [-0.05, 0) is 19.1 Å². The molecule has 0 spiro atoms. The Morgan fingerprint density at radius 2 is 2.06 bits per heavy atom. The van der Waals surface area contributed by atoms with Crippen LogP contribution in [0.25, 0.3) is 0 Å². The lowest BCUT2D eigenvalue weighted by Gasteiger charge is -2.22. The molecule has 4 heteroatoms. The van der Waals surface area contributed by atoms with Gasteiger partial charge < -0.3 is 4.90 Å². The summed E-state index contributed by atoms with van der Waals surface area (Å²) in [7, 11) is 1.85. The van der Waals surface area contributed by atoms with Gasteiger partial charge in [0, 0.05) is 23.3 Å². The molecule has 0 aliphatic carbocycles. The van der Waals surface area contributed by atoms with Crippen LogP contribution >= 0.6 is 27.7 Å². The van der Waals surface area contributed by atoms with E-state index in [1.54, 1.807) is 16.7 Å². The average molecular weight is 302 g/mol. The van der Waals surface area contributed by atoms with Gasteiger partial charge in [-0.2, -0.15) is 0 Å². The van der Waals surface area contributed by atoms with E-state index in [1.165, 1.54) is 0 Å². The van der Waals surface area contributed by atoms with E-state index in [0.717, 1.165) is 10.2 Å². The number of alkyl halides is 1. The molecule has 0 aliphatic rings. The molecule has 0 fully saturated rings. The van der Waals surface area contributed by atoms with Crippen molar-refractivity contribution in [1.82, 2.24) is 4.90 Å². The van der Waals surface area contributed by atoms with Crippen molar-refractivity contribution >= 4 is 33.6 Å². The molecule has 0 heterocycles. The molecular weight excluding hydrogens is 286 g/mol. The van der Waals surface area contributed by atoms with E-state index >= 15 is 0 Å². The zero-order valence-electron chi connectivity index (χ0n) is 9.52. The smallest absolute Gasteiger partial charge is 0.232 e. The van der Waals surface area contributed by atoms with Crippen molar-refractivity contribution in [2.45, 2.75) is 17.9 Å². The third-order valence-corrected chi connectivity index (χ3v) is 4.32. The maximum atomic E-state index is 11.8. The van der Waals surface area contributed by atoms with Crippen LogP contribution in [0.5, 0.6) is 0 Å². The molecule has 0 N–H and O–H groups in total. The van der Waals surface area contributed by atoms with E-state index in [2.05, 4.69) is 15.9 Å². The Hall–Kier alpha value is -0.480. The lowest BCUT2D eigenvalue weighted by atomic mass is 10.3. The van der Waals surface area contributed by atoms with Crippen LogP contribution < -0.4 is 0 Å². The van der Waals surface area contributed by atoms with Crippen molar-refractivity contribution in [2.75, 3.05) is 18.1 Å². The van der Waals surface area contributed by atoms with Gasteiger partial charge in [0.2, 0.25) is 5.91 Å². The van der Waals surface area contributed by atoms with Crippen molar-refractivity contribution < 1.29 is 4.79 Å². The Labute approximate surface area is 110 Å². The monoisotopic (exact) mass is 301 g/mol. The topological polar surface area (TPSA) is 20.3 Å². The summed E-state index contributed by atoms with van der Waals surface area (Å²) in [5.74, 6) is 0.665. The van der Waals surface area contributed by atoms with Crippen LogP contribution in [0.3, 0.4) is 0 Å². The molecule has 1 aromatic rings. The molecule has 0 saturated heterocycles. The van der Waals surface area contributed by atoms with Crippen LogP contribution in [-0.4, -0.2) is 35.0 Å². The third-order valence-electron chi connectivity index (χ3n) is 2.38. The van der Waals surface area contributed by atoms with E-state index in [1.807, 2.05) is 44.3 Å². The molecule has 0 aromatic heterocycles.